The Morgan fingerprint density at radius 2 is 2.10 bits per heavy atom. The van der Waals surface area contributed by atoms with Crippen molar-refractivity contribution in [3.63, 3.8) is 0 Å². The van der Waals surface area contributed by atoms with Gasteiger partial charge in [0.1, 0.15) is 0 Å². The zero-order chi connectivity index (χ0) is 15.1. The summed E-state index contributed by atoms with van der Waals surface area (Å²) < 4.78 is 0. The highest BCUT2D eigenvalue weighted by atomic mass is 16.2. The van der Waals surface area contributed by atoms with Gasteiger partial charge in [0.05, 0.1) is 0 Å². The number of hydrogen-bond donors (Lipinski definition) is 1. The lowest BCUT2D eigenvalue weighted by molar-refractivity contribution is -0.121. The molecule has 2 N–H and O–H groups in total. The Labute approximate surface area is 124 Å². The Hall–Kier alpha value is -2.36. The van der Waals surface area contributed by atoms with Gasteiger partial charge in [-0.15, -0.1) is 0 Å². The minimum absolute atomic E-state index is 0.0122. The Morgan fingerprint density at radius 3 is 2.81 bits per heavy atom. The molecule has 2 aromatic rings. The van der Waals surface area contributed by atoms with Crippen LogP contribution in [-0.2, 0) is 11.2 Å². The van der Waals surface area contributed by atoms with E-state index in [1.165, 1.54) is 5.56 Å². The number of benzene rings is 1. The molecule has 21 heavy (non-hydrogen) atoms. The van der Waals surface area contributed by atoms with Crippen LogP contribution in [0.4, 0.5) is 11.4 Å². The molecule has 2 heterocycles. The summed E-state index contributed by atoms with van der Waals surface area (Å²) in [5.41, 5.74) is 12.0. The first-order valence-electron chi connectivity index (χ1n) is 7.10. The van der Waals surface area contributed by atoms with E-state index < -0.39 is 0 Å². The third-order valence-corrected chi connectivity index (χ3v) is 4.10. The van der Waals surface area contributed by atoms with Crippen molar-refractivity contribution in [1.82, 2.24) is 4.98 Å². The number of hydrogen-bond acceptors (Lipinski definition) is 3. The van der Waals surface area contributed by atoms with Crippen LogP contribution in [0.25, 0.3) is 11.1 Å². The normalized spacial score (nSPS) is 17.8. The summed E-state index contributed by atoms with van der Waals surface area (Å²) >= 11 is 0. The predicted molar refractivity (Wildman–Crippen MR) is 85.1 cm³/mol. The summed E-state index contributed by atoms with van der Waals surface area (Å²) in [5.74, 6) is 0.160. The highest BCUT2D eigenvalue weighted by Gasteiger charge is 2.28. The second kappa shape index (κ2) is 4.88. The van der Waals surface area contributed by atoms with Crippen molar-refractivity contribution in [2.24, 2.45) is 5.92 Å². The van der Waals surface area contributed by atoms with Crippen molar-refractivity contribution in [2.75, 3.05) is 17.7 Å². The van der Waals surface area contributed by atoms with E-state index in [1.807, 2.05) is 39.1 Å². The molecule has 1 aliphatic heterocycles. The first-order valence-corrected chi connectivity index (χ1v) is 7.10. The number of nitrogens with two attached hydrogens (primary N) is 1. The lowest BCUT2D eigenvalue weighted by Gasteiger charge is -2.30. The summed E-state index contributed by atoms with van der Waals surface area (Å²) in [7, 11) is 1.81. The zero-order valence-corrected chi connectivity index (χ0v) is 12.6. The smallest absolute Gasteiger partial charge is 0.229 e. The van der Waals surface area contributed by atoms with E-state index in [0.717, 1.165) is 28.9 Å². The summed E-state index contributed by atoms with van der Waals surface area (Å²) in [6.45, 7) is 3.93. The monoisotopic (exact) mass is 281 g/mol. The Balaban J connectivity index is 2.14. The van der Waals surface area contributed by atoms with E-state index in [4.69, 9.17) is 5.73 Å². The first kappa shape index (κ1) is 13.6. The second-order valence-electron chi connectivity index (χ2n) is 5.76. The van der Waals surface area contributed by atoms with Gasteiger partial charge in [0, 0.05) is 41.8 Å². The highest BCUT2D eigenvalue weighted by molar-refractivity contribution is 5.99. The number of carbonyl (C=O) groups excluding carboxylic acids is 1. The van der Waals surface area contributed by atoms with Crippen LogP contribution in [-0.4, -0.2) is 17.9 Å². The van der Waals surface area contributed by atoms with Crippen LogP contribution < -0.4 is 10.6 Å². The van der Waals surface area contributed by atoms with E-state index in [2.05, 4.69) is 11.1 Å². The number of aromatic nitrogens is 1. The van der Waals surface area contributed by atoms with E-state index in [1.54, 1.807) is 11.1 Å². The van der Waals surface area contributed by atoms with E-state index in [9.17, 15) is 4.79 Å². The number of rotatable bonds is 1. The van der Waals surface area contributed by atoms with Crippen molar-refractivity contribution in [3.8, 4) is 11.1 Å². The van der Waals surface area contributed by atoms with Gasteiger partial charge >= 0.3 is 0 Å². The van der Waals surface area contributed by atoms with Crippen LogP contribution in [0.3, 0.4) is 0 Å². The largest absolute Gasteiger partial charge is 0.398 e. The molecule has 108 valence electrons. The van der Waals surface area contributed by atoms with Gasteiger partial charge in [-0.25, -0.2) is 0 Å². The number of aryl methyl sites for hydroxylation is 1. The minimum atomic E-state index is 0.0122. The quantitative estimate of drug-likeness (QED) is 0.818. The van der Waals surface area contributed by atoms with Gasteiger partial charge in [0.15, 0.2) is 0 Å². The van der Waals surface area contributed by atoms with Gasteiger partial charge in [-0.1, -0.05) is 6.92 Å². The van der Waals surface area contributed by atoms with Crippen molar-refractivity contribution >= 4 is 17.3 Å². The lowest BCUT2D eigenvalue weighted by atomic mass is 9.90. The van der Waals surface area contributed by atoms with Crippen LogP contribution in [0.15, 0.2) is 30.5 Å². The summed E-state index contributed by atoms with van der Waals surface area (Å²) in [6.07, 6.45) is 2.55. The fourth-order valence-corrected chi connectivity index (χ4v) is 2.95. The fourth-order valence-electron chi connectivity index (χ4n) is 2.95. The van der Waals surface area contributed by atoms with Crippen LogP contribution >= 0.6 is 0 Å². The van der Waals surface area contributed by atoms with Crippen LogP contribution in [0, 0.1) is 12.8 Å². The predicted octanol–water partition coefficient (Wildman–Crippen LogP) is 2.79. The number of anilines is 2. The number of carbonyl (C=O) groups is 1. The Morgan fingerprint density at radius 1 is 1.33 bits per heavy atom. The first-order chi connectivity index (χ1) is 9.97. The molecule has 0 saturated carbocycles. The van der Waals surface area contributed by atoms with Gasteiger partial charge in [-0.2, -0.15) is 0 Å². The number of nitrogens with zero attached hydrogens (tertiary/aromatic N) is 2. The average molecular weight is 281 g/mol. The maximum atomic E-state index is 12.1. The topological polar surface area (TPSA) is 59.2 Å². The summed E-state index contributed by atoms with van der Waals surface area (Å²) in [4.78, 5) is 18.0. The third-order valence-electron chi connectivity index (χ3n) is 4.10. The molecule has 3 rings (SSSR count). The summed E-state index contributed by atoms with van der Waals surface area (Å²) in [5, 5.41) is 0. The van der Waals surface area contributed by atoms with Gasteiger partial charge in [0.25, 0.3) is 0 Å². The second-order valence-corrected chi connectivity index (χ2v) is 5.76. The van der Waals surface area contributed by atoms with Crippen molar-refractivity contribution in [3.05, 3.63) is 41.7 Å². The molecule has 0 saturated heterocycles. The standard InChI is InChI=1S/C17H19N3O/c1-10-6-13-8-14(12-4-5-19-11(2)7-12)15(18)9-16(13)20(3)17(10)21/h4-5,7-10H,6,18H2,1-3H3. The molecule has 1 aromatic heterocycles. The molecule has 4 nitrogen and oxygen atoms in total. The lowest BCUT2D eigenvalue weighted by Crippen LogP contribution is -2.37. The van der Waals surface area contributed by atoms with Gasteiger partial charge in [0.2, 0.25) is 5.91 Å². The number of amides is 1. The van der Waals surface area contributed by atoms with E-state index >= 15 is 0 Å². The third kappa shape index (κ3) is 2.27. The molecule has 1 aromatic carbocycles. The van der Waals surface area contributed by atoms with Crippen LogP contribution in [0.2, 0.25) is 0 Å². The summed E-state index contributed by atoms with van der Waals surface area (Å²) in [6, 6.07) is 8.01. The molecule has 1 unspecified atom stereocenters. The Kier molecular flexibility index (Phi) is 3.16. The van der Waals surface area contributed by atoms with Crippen LogP contribution in [0.5, 0.6) is 0 Å². The molecule has 0 radical (unpaired) electrons. The highest BCUT2D eigenvalue weighted by Crippen LogP contribution is 2.37. The van der Waals surface area contributed by atoms with Crippen molar-refractivity contribution in [2.45, 2.75) is 20.3 Å². The molecule has 0 aliphatic carbocycles. The van der Waals surface area contributed by atoms with Gasteiger partial charge in [-0.3, -0.25) is 9.78 Å². The molecule has 0 fully saturated rings. The number of fused-ring (bicyclic) bond motifs is 1. The molecule has 0 bridgehead atoms. The van der Waals surface area contributed by atoms with E-state index in [-0.39, 0.29) is 11.8 Å². The fraction of sp³-hybridized carbons (Fsp3) is 0.294. The average Bonchev–Trinajstić information content (AvgIpc) is 2.45. The van der Waals surface area contributed by atoms with Crippen LogP contribution in [0.1, 0.15) is 18.2 Å². The molecular formula is C17H19N3O. The van der Waals surface area contributed by atoms with Gasteiger partial charge < -0.3 is 10.6 Å². The SMILES string of the molecule is Cc1cc(-c2cc3c(cc2N)N(C)C(=O)C(C)C3)ccn1. The molecule has 4 heteroatoms. The maximum Gasteiger partial charge on any atom is 0.229 e. The zero-order valence-electron chi connectivity index (χ0n) is 12.6. The molecular weight excluding hydrogens is 262 g/mol. The maximum absolute atomic E-state index is 12.1. The molecule has 1 atom stereocenters. The van der Waals surface area contributed by atoms with Crippen molar-refractivity contribution < 1.29 is 4.79 Å². The Bertz CT molecular complexity index is 724. The molecule has 0 spiro atoms. The van der Waals surface area contributed by atoms with E-state index in [0.29, 0.717) is 5.69 Å². The minimum Gasteiger partial charge on any atom is -0.398 e. The number of nitrogen functional groups attached to an aromatic ring is 1. The van der Waals surface area contributed by atoms with Gasteiger partial charge in [-0.05, 0) is 48.7 Å². The molecule has 1 aliphatic rings. The van der Waals surface area contributed by atoms with Crippen molar-refractivity contribution in [1.29, 1.82) is 0 Å². The molecule has 1 amide bonds. The number of pyridine rings is 1.